The van der Waals surface area contributed by atoms with Crippen LogP contribution in [0.4, 0.5) is 0 Å². The lowest BCUT2D eigenvalue weighted by atomic mass is 10.1. The monoisotopic (exact) mass is 323 g/mol. The summed E-state index contributed by atoms with van der Waals surface area (Å²) in [7, 11) is 1.93. The van der Waals surface area contributed by atoms with Gasteiger partial charge in [0.25, 0.3) is 5.91 Å². The number of likely N-dealkylation sites (N-methyl/N-ethyl adjacent to an activating group) is 1. The summed E-state index contributed by atoms with van der Waals surface area (Å²) in [5.41, 5.74) is 1.75. The summed E-state index contributed by atoms with van der Waals surface area (Å²) in [6.07, 6.45) is 2.12. The number of nitrogens with zero attached hydrogens (tertiary/aromatic N) is 2. The molecule has 120 valence electrons. The number of carbonyl (C=O) groups excluding carboxylic acids is 2. The molecule has 0 bridgehead atoms. The second kappa shape index (κ2) is 7.11. The fourth-order valence-corrected chi connectivity index (χ4v) is 3.14. The van der Waals surface area contributed by atoms with Crippen molar-refractivity contribution in [1.29, 1.82) is 0 Å². The van der Waals surface area contributed by atoms with E-state index in [1.54, 1.807) is 4.90 Å². The summed E-state index contributed by atoms with van der Waals surface area (Å²) in [6, 6.07) is 7.95. The number of rotatable bonds is 3. The van der Waals surface area contributed by atoms with Gasteiger partial charge in [-0.25, -0.2) is 0 Å². The van der Waals surface area contributed by atoms with Crippen LogP contribution in [0.2, 0.25) is 0 Å². The number of fused-ring (bicyclic) bond motifs is 1. The van der Waals surface area contributed by atoms with E-state index in [9.17, 15) is 9.59 Å². The van der Waals surface area contributed by atoms with E-state index in [4.69, 9.17) is 0 Å². The number of likely N-dealkylation sites (tertiary alicyclic amines) is 1. The predicted molar refractivity (Wildman–Crippen MR) is 87.1 cm³/mol. The van der Waals surface area contributed by atoms with E-state index in [-0.39, 0.29) is 30.8 Å². The third-order valence-electron chi connectivity index (χ3n) is 4.40. The number of hydrogen-bond acceptors (Lipinski definition) is 3. The largest absolute Gasteiger partial charge is 0.340 e. The molecule has 0 aromatic heterocycles. The molecule has 2 aliphatic rings. The molecule has 0 aliphatic carbocycles. The van der Waals surface area contributed by atoms with E-state index in [0.29, 0.717) is 12.6 Å². The van der Waals surface area contributed by atoms with Crippen LogP contribution in [0.3, 0.4) is 0 Å². The molecule has 2 aliphatic heterocycles. The van der Waals surface area contributed by atoms with Crippen molar-refractivity contribution in [3.05, 3.63) is 35.4 Å². The van der Waals surface area contributed by atoms with Crippen LogP contribution in [-0.2, 0) is 11.3 Å². The maximum Gasteiger partial charge on any atom is 0.254 e. The third kappa shape index (κ3) is 3.25. The highest BCUT2D eigenvalue weighted by atomic mass is 35.5. The fourth-order valence-electron chi connectivity index (χ4n) is 3.14. The van der Waals surface area contributed by atoms with Crippen molar-refractivity contribution in [3.8, 4) is 0 Å². The van der Waals surface area contributed by atoms with E-state index in [0.717, 1.165) is 37.1 Å². The molecule has 1 aromatic carbocycles. The van der Waals surface area contributed by atoms with Crippen molar-refractivity contribution in [2.75, 3.05) is 26.7 Å². The average Bonchev–Trinajstić information content (AvgIpc) is 2.84. The van der Waals surface area contributed by atoms with Crippen LogP contribution in [0.5, 0.6) is 0 Å². The molecular weight excluding hydrogens is 302 g/mol. The Bertz CT molecular complexity index is 564. The Morgan fingerprint density at radius 2 is 2.14 bits per heavy atom. The Kier molecular flexibility index (Phi) is 5.42. The molecule has 3 rings (SSSR count). The number of piperidine rings is 1. The minimum absolute atomic E-state index is 0. The van der Waals surface area contributed by atoms with Crippen molar-refractivity contribution < 1.29 is 9.59 Å². The lowest BCUT2D eigenvalue weighted by Crippen LogP contribution is -2.49. The van der Waals surface area contributed by atoms with E-state index in [2.05, 4.69) is 5.32 Å². The molecule has 1 unspecified atom stereocenters. The van der Waals surface area contributed by atoms with Crippen LogP contribution >= 0.6 is 12.4 Å². The van der Waals surface area contributed by atoms with Crippen LogP contribution in [0.1, 0.15) is 28.8 Å². The highest BCUT2D eigenvalue weighted by Gasteiger charge is 2.30. The first kappa shape index (κ1) is 16.8. The Morgan fingerprint density at radius 3 is 2.86 bits per heavy atom. The number of hydrogen-bond donors (Lipinski definition) is 1. The van der Waals surface area contributed by atoms with Crippen LogP contribution in [0.15, 0.2) is 24.3 Å². The zero-order chi connectivity index (χ0) is 14.8. The lowest BCUT2D eigenvalue weighted by molar-refractivity contribution is -0.133. The molecule has 0 saturated carbocycles. The molecule has 2 amide bonds. The highest BCUT2D eigenvalue weighted by Crippen LogP contribution is 2.22. The molecule has 2 heterocycles. The average molecular weight is 324 g/mol. The van der Waals surface area contributed by atoms with Gasteiger partial charge < -0.3 is 15.1 Å². The molecule has 1 aromatic rings. The molecule has 1 N–H and O–H groups in total. The Labute approximate surface area is 137 Å². The van der Waals surface area contributed by atoms with Gasteiger partial charge in [-0.1, -0.05) is 18.2 Å². The first-order valence-electron chi connectivity index (χ1n) is 7.51. The Balaban J connectivity index is 0.00000176. The van der Waals surface area contributed by atoms with Crippen LogP contribution in [0.25, 0.3) is 0 Å². The van der Waals surface area contributed by atoms with Crippen LogP contribution < -0.4 is 5.32 Å². The van der Waals surface area contributed by atoms with Crippen molar-refractivity contribution >= 4 is 24.2 Å². The van der Waals surface area contributed by atoms with Crippen LogP contribution in [0, 0.1) is 0 Å². The maximum atomic E-state index is 12.4. The topological polar surface area (TPSA) is 52.7 Å². The molecule has 1 fully saturated rings. The first-order chi connectivity index (χ1) is 10.2. The van der Waals surface area contributed by atoms with Gasteiger partial charge in [-0.3, -0.25) is 9.59 Å². The van der Waals surface area contributed by atoms with Crippen LogP contribution in [-0.4, -0.2) is 54.3 Å². The van der Waals surface area contributed by atoms with Gasteiger partial charge >= 0.3 is 0 Å². The van der Waals surface area contributed by atoms with Gasteiger partial charge in [0.1, 0.15) is 6.54 Å². The Hall–Kier alpha value is -1.59. The Morgan fingerprint density at radius 1 is 1.36 bits per heavy atom. The quantitative estimate of drug-likeness (QED) is 0.911. The van der Waals surface area contributed by atoms with Gasteiger partial charge in [-0.15, -0.1) is 12.4 Å². The smallest absolute Gasteiger partial charge is 0.254 e. The lowest BCUT2D eigenvalue weighted by Gasteiger charge is -2.33. The molecule has 6 heteroatoms. The van der Waals surface area contributed by atoms with Crippen molar-refractivity contribution in [2.24, 2.45) is 0 Å². The number of carbonyl (C=O) groups is 2. The molecular formula is C16H22ClN3O2. The van der Waals surface area contributed by atoms with E-state index < -0.39 is 0 Å². The summed E-state index contributed by atoms with van der Waals surface area (Å²) in [6.45, 7) is 2.27. The maximum absolute atomic E-state index is 12.4. The zero-order valence-electron chi connectivity index (χ0n) is 12.7. The van der Waals surface area contributed by atoms with Gasteiger partial charge in [0, 0.05) is 31.2 Å². The number of benzene rings is 1. The standard InChI is InChI=1S/C16H21N3O2.ClH/c1-17-13-6-4-8-18(10-13)15(20)11-19-9-12-5-2-3-7-14(12)16(19)21;/h2-3,5,7,13,17H,4,6,8-11H2,1H3;1H. The fraction of sp³-hybridized carbons (Fsp3) is 0.500. The molecule has 0 spiro atoms. The van der Waals surface area contributed by atoms with Crippen molar-refractivity contribution in [3.63, 3.8) is 0 Å². The summed E-state index contributed by atoms with van der Waals surface area (Å²) < 4.78 is 0. The first-order valence-corrected chi connectivity index (χ1v) is 7.51. The van der Waals surface area contributed by atoms with Crippen molar-refractivity contribution in [1.82, 2.24) is 15.1 Å². The summed E-state index contributed by atoms with van der Waals surface area (Å²) in [5.74, 6) is 0.0252. The molecule has 0 radical (unpaired) electrons. The van der Waals surface area contributed by atoms with Gasteiger partial charge in [0.2, 0.25) is 5.91 Å². The van der Waals surface area contributed by atoms with Gasteiger partial charge in [0.05, 0.1) is 0 Å². The molecule has 1 saturated heterocycles. The molecule has 1 atom stereocenters. The summed E-state index contributed by atoms with van der Waals surface area (Å²) in [5, 5.41) is 3.23. The van der Waals surface area contributed by atoms with E-state index >= 15 is 0 Å². The third-order valence-corrected chi connectivity index (χ3v) is 4.40. The van der Waals surface area contributed by atoms with E-state index in [1.165, 1.54) is 0 Å². The summed E-state index contributed by atoms with van der Waals surface area (Å²) in [4.78, 5) is 28.2. The second-order valence-electron chi connectivity index (χ2n) is 5.79. The highest BCUT2D eigenvalue weighted by molar-refractivity contribution is 6.00. The number of amides is 2. The minimum Gasteiger partial charge on any atom is -0.340 e. The second-order valence-corrected chi connectivity index (χ2v) is 5.79. The molecule has 22 heavy (non-hydrogen) atoms. The normalized spacial score (nSPS) is 20.6. The SMILES string of the molecule is CNC1CCCN(C(=O)CN2Cc3ccccc3C2=O)C1.Cl. The number of nitrogens with one attached hydrogen (secondary N) is 1. The van der Waals surface area contributed by atoms with Gasteiger partial charge in [0.15, 0.2) is 0 Å². The molecule has 5 nitrogen and oxygen atoms in total. The number of halogens is 1. The van der Waals surface area contributed by atoms with Gasteiger partial charge in [-0.05, 0) is 31.5 Å². The van der Waals surface area contributed by atoms with Crippen molar-refractivity contribution in [2.45, 2.75) is 25.4 Å². The summed E-state index contributed by atoms with van der Waals surface area (Å²) >= 11 is 0. The van der Waals surface area contributed by atoms with E-state index in [1.807, 2.05) is 36.2 Å². The minimum atomic E-state index is -0.0267. The zero-order valence-corrected chi connectivity index (χ0v) is 13.6. The van der Waals surface area contributed by atoms with Gasteiger partial charge in [-0.2, -0.15) is 0 Å². The predicted octanol–water partition coefficient (Wildman–Crippen LogP) is 1.27.